The van der Waals surface area contributed by atoms with E-state index in [1.807, 2.05) is 100 Å². The fourth-order valence-electron chi connectivity index (χ4n) is 6.24. The lowest BCUT2D eigenvalue weighted by molar-refractivity contribution is -0.114. The van der Waals surface area contributed by atoms with Crippen LogP contribution in [-0.2, 0) is 17.9 Å². The van der Waals surface area contributed by atoms with Crippen LogP contribution in [0.5, 0.6) is 17.2 Å². The van der Waals surface area contributed by atoms with E-state index in [0.717, 1.165) is 58.4 Å². The van der Waals surface area contributed by atoms with Crippen molar-refractivity contribution in [3.05, 3.63) is 114 Å². The Morgan fingerprint density at radius 1 is 0.889 bits per heavy atom. The van der Waals surface area contributed by atoms with E-state index in [2.05, 4.69) is 42.1 Å². The Balaban J connectivity index is 1.29. The summed E-state index contributed by atoms with van der Waals surface area (Å²) in [5.41, 5.74) is 6.94. The molecule has 2 heterocycles. The number of nitrogens with zero attached hydrogens (tertiary/aromatic N) is 5. The van der Waals surface area contributed by atoms with Crippen LogP contribution in [0.3, 0.4) is 0 Å². The molecule has 0 saturated carbocycles. The van der Waals surface area contributed by atoms with Gasteiger partial charge in [0.15, 0.2) is 6.29 Å². The largest absolute Gasteiger partial charge is 0.497 e. The summed E-state index contributed by atoms with van der Waals surface area (Å²) < 4.78 is 19.3. The summed E-state index contributed by atoms with van der Waals surface area (Å²) in [4.78, 5) is 38.3. The molecule has 12 nitrogen and oxygen atoms in total. The molecule has 0 spiro atoms. The number of nitrogens with one attached hydrogen (secondary N) is 2. The quantitative estimate of drug-likeness (QED) is 0.0986. The lowest BCUT2D eigenvalue weighted by Crippen LogP contribution is -2.29. The van der Waals surface area contributed by atoms with Gasteiger partial charge in [-0.2, -0.15) is 0 Å². The number of hydrogen-bond donors (Lipinski definition) is 2. The van der Waals surface area contributed by atoms with Crippen LogP contribution in [-0.4, -0.2) is 80.1 Å². The SMILES string of the molecule is COc1ccc(COc2cccc(Cn3cc(-c4ccnc(Nc5cc(NC(C)=O)c(N(C)CCN(C)C)cc5OC)n4)c4ccccc43)c2C=O)cc1. The smallest absolute Gasteiger partial charge is 0.227 e. The molecule has 278 valence electrons. The topological polar surface area (TPSA) is 123 Å². The van der Waals surface area contributed by atoms with Crippen molar-refractivity contribution in [3.63, 3.8) is 0 Å². The Labute approximate surface area is 315 Å². The van der Waals surface area contributed by atoms with Crippen LogP contribution in [0, 0.1) is 0 Å². The molecule has 0 fully saturated rings. The molecule has 0 aliphatic carbocycles. The number of benzene rings is 4. The summed E-state index contributed by atoms with van der Waals surface area (Å²) in [6.07, 6.45) is 4.60. The molecule has 1 amide bonds. The number of rotatable bonds is 16. The number of ether oxygens (including phenoxy) is 3. The molecule has 6 aromatic rings. The minimum atomic E-state index is -0.184. The Morgan fingerprint density at radius 2 is 1.69 bits per heavy atom. The van der Waals surface area contributed by atoms with Gasteiger partial charge < -0.3 is 39.2 Å². The third-order valence-electron chi connectivity index (χ3n) is 9.06. The van der Waals surface area contributed by atoms with Crippen LogP contribution < -0.4 is 29.7 Å². The van der Waals surface area contributed by atoms with Gasteiger partial charge in [0.25, 0.3) is 0 Å². The van der Waals surface area contributed by atoms with Gasteiger partial charge in [-0.1, -0.05) is 42.5 Å². The zero-order chi connectivity index (χ0) is 38.2. The molecule has 2 aromatic heterocycles. The highest BCUT2D eigenvalue weighted by Crippen LogP contribution is 2.38. The van der Waals surface area contributed by atoms with E-state index >= 15 is 0 Å². The van der Waals surface area contributed by atoms with Gasteiger partial charge in [-0.05, 0) is 61.6 Å². The normalized spacial score (nSPS) is 11.0. The minimum Gasteiger partial charge on any atom is -0.497 e. The molecule has 4 aromatic carbocycles. The highest BCUT2D eigenvalue weighted by molar-refractivity contribution is 5.96. The first-order valence-electron chi connectivity index (χ1n) is 17.5. The second kappa shape index (κ2) is 17.0. The van der Waals surface area contributed by atoms with E-state index in [0.29, 0.717) is 53.2 Å². The molecule has 12 heteroatoms. The highest BCUT2D eigenvalue weighted by Gasteiger charge is 2.18. The van der Waals surface area contributed by atoms with Gasteiger partial charge >= 0.3 is 0 Å². The number of para-hydroxylation sites is 1. The molecular weight excluding hydrogens is 683 g/mol. The van der Waals surface area contributed by atoms with Gasteiger partial charge in [0.05, 0.1) is 42.5 Å². The van der Waals surface area contributed by atoms with E-state index in [4.69, 9.17) is 19.2 Å². The Kier molecular flexibility index (Phi) is 11.7. The van der Waals surface area contributed by atoms with Gasteiger partial charge in [-0.25, -0.2) is 9.97 Å². The van der Waals surface area contributed by atoms with Crippen molar-refractivity contribution in [2.24, 2.45) is 0 Å². The predicted molar refractivity (Wildman–Crippen MR) is 214 cm³/mol. The number of amides is 1. The van der Waals surface area contributed by atoms with Crippen LogP contribution in [0.25, 0.3) is 22.2 Å². The standard InChI is InChI=1S/C42H45N7O5/c1-28(51)44-36-22-37(41(53-6)23-39(36)48(4)21-20-47(2)3)46-42-43-19-18-35(45-42)33-25-49(38-12-8-7-11-32(33)38)24-30-10-9-13-40(34(30)26-50)54-27-29-14-16-31(52-5)17-15-29/h7-19,22-23,25-26H,20-21,24,27H2,1-6H3,(H,44,51)(H,43,45,46). The van der Waals surface area contributed by atoms with Crippen molar-refractivity contribution in [3.8, 4) is 28.5 Å². The summed E-state index contributed by atoms with van der Waals surface area (Å²) in [6.45, 7) is 3.81. The number of carbonyl (C=O) groups excluding carboxylic acids is 2. The number of anilines is 4. The molecule has 0 saturated heterocycles. The molecule has 0 aliphatic heterocycles. The summed E-state index contributed by atoms with van der Waals surface area (Å²) in [6, 6.07) is 27.0. The average molecular weight is 728 g/mol. The maximum atomic E-state index is 12.5. The van der Waals surface area contributed by atoms with Crippen LogP contribution in [0.4, 0.5) is 23.0 Å². The zero-order valence-corrected chi connectivity index (χ0v) is 31.4. The second-order valence-corrected chi connectivity index (χ2v) is 13.1. The maximum Gasteiger partial charge on any atom is 0.227 e. The van der Waals surface area contributed by atoms with Crippen molar-refractivity contribution >= 4 is 46.1 Å². The first-order chi connectivity index (χ1) is 26.2. The first-order valence-corrected chi connectivity index (χ1v) is 17.5. The second-order valence-electron chi connectivity index (χ2n) is 13.1. The summed E-state index contributed by atoms with van der Waals surface area (Å²) in [7, 11) is 9.25. The lowest BCUT2D eigenvalue weighted by Gasteiger charge is -2.25. The molecule has 54 heavy (non-hydrogen) atoms. The van der Waals surface area contributed by atoms with Gasteiger partial charge in [0, 0.05) is 68.5 Å². The van der Waals surface area contributed by atoms with E-state index in [-0.39, 0.29) is 5.91 Å². The zero-order valence-electron chi connectivity index (χ0n) is 31.4. The van der Waals surface area contributed by atoms with Crippen molar-refractivity contribution in [1.82, 2.24) is 19.4 Å². The highest BCUT2D eigenvalue weighted by atomic mass is 16.5. The number of fused-ring (bicyclic) bond motifs is 1. The number of carbonyl (C=O) groups is 2. The molecule has 0 aliphatic rings. The number of aromatic nitrogens is 3. The summed E-state index contributed by atoms with van der Waals surface area (Å²) in [5, 5.41) is 7.28. The van der Waals surface area contributed by atoms with E-state index in [1.54, 1.807) is 20.4 Å². The Bertz CT molecular complexity index is 2250. The molecule has 0 radical (unpaired) electrons. The molecule has 2 N–H and O–H groups in total. The number of hydrogen-bond acceptors (Lipinski definition) is 10. The number of methoxy groups -OCH3 is 2. The molecule has 0 atom stereocenters. The Morgan fingerprint density at radius 3 is 2.41 bits per heavy atom. The lowest BCUT2D eigenvalue weighted by atomic mass is 10.1. The molecule has 6 rings (SSSR count). The van der Waals surface area contributed by atoms with Gasteiger partial charge in [-0.3, -0.25) is 9.59 Å². The van der Waals surface area contributed by atoms with Gasteiger partial charge in [0.1, 0.15) is 23.9 Å². The van der Waals surface area contributed by atoms with E-state index < -0.39 is 0 Å². The fraction of sp³-hybridized carbons (Fsp3) is 0.238. The molecular formula is C42H45N7O5. The summed E-state index contributed by atoms with van der Waals surface area (Å²) >= 11 is 0. The van der Waals surface area contributed by atoms with Crippen LogP contribution in [0.2, 0.25) is 0 Å². The monoisotopic (exact) mass is 727 g/mol. The van der Waals surface area contributed by atoms with Crippen molar-refractivity contribution in [2.45, 2.75) is 20.1 Å². The van der Waals surface area contributed by atoms with E-state index in [1.165, 1.54) is 6.92 Å². The van der Waals surface area contributed by atoms with Crippen molar-refractivity contribution < 1.29 is 23.8 Å². The van der Waals surface area contributed by atoms with Gasteiger partial charge in [0.2, 0.25) is 11.9 Å². The minimum absolute atomic E-state index is 0.184. The molecule has 0 unspecified atom stereocenters. The summed E-state index contributed by atoms with van der Waals surface area (Å²) in [5.74, 6) is 2.03. The number of aldehydes is 1. The third-order valence-corrected chi connectivity index (χ3v) is 9.06. The van der Waals surface area contributed by atoms with Crippen LogP contribution >= 0.6 is 0 Å². The van der Waals surface area contributed by atoms with Crippen molar-refractivity contribution in [2.75, 3.05) is 64.0 Å². The van der Waals surface area contributed by atoms with Crippen molar-refractivity contribution in [1.29, 1.82) is 0 Å². The third kappa shape index (κ3) is 8.62. The van der Waals surface area contributed by atoms with E-state index in [9.17, 15) is 9.59 Å². The van der Waals surface area contributed by atoms with Crippen LogP contribution in [0.15, 0.2) is 97.3 Å². The van der Waals surface area contributed by atoms with Gasteiger partial charge in [-0.15, -0.1) is 0 Å². The maximum absolute atomic E-state index is 12.5. The molecule has 0 bridgehead atoms. The first kappa shape index (κ1) is 37.4. The van der Waals surface area contributed by atoms with Crippen LogP contribution in [0.1, 0.15) is 28.4 Å². The number of likely N-dealkylation sites (N-methyl/N-ethyl adjacent to an activating group) is 2. The fourth-order valence-corrected chi connectivity index (χ4v) is 6.24. The average Bonchev–Trinajstić information content (AvgIpc) is 3.54. The predicted octanol–water partition coefficient (Wildman–Crippen LogP) is 7.26. The Hall–Kier alpha value is -6.40.